The molecule has 0 amide bonds. The fraction of sp³-hybridized carbons (Fsp3) is 0.143. The maximum atomic E-state index is 13.3. The Morgan fingerprint density at radius 3 is 2.74 bits per heavy atom. The van der Waals surface area contributed by atoms with Crippen LogP contribution in [0.25, 0.3) is 0 Å². The molecule has 5 heteroatoms. The van der Waals surface area contributed by atoms with Gasteiger partial charge in [-0.25, -0.2) is 4.39 Å². The number of benzene rings is 2. The Bertz CT molecular complexity index is 590. The third kappa shape index (κ3) is 3.38. The SMILES string of the molecule is COc1ccc(O)c(CNc2ccc(Br)c(F)c2)c1. The summed E-state index contributed by atoms with van der Waals surface area (Å²) >= 11 is 3.10. The highest BCUT2D eigenvalue weighted by Gasteiger charge is 2.05. The fourth-order valence-corrected chi connectivity index (χ4v) is 1.88. The molecule has 2 aromatic rings. The lowest BCUT2D eigenvalue weighted by atomic mass is 10.2. The van der Waals surface area contributed by atoms with Crippen molar-refractivity contribution >= 4 is 21.6 Å². The molecule has 0 atom stereocenters. The number of anilines is 1. The van der Waals surface area contributed by atoms with E-state index in [1.807, 2.05) is 0 Å². The molecule has 0 saturated heterocycles. The minimum Gasteiger partial charge on any atom is -0.508 e. The first-order chi connectivity index (χ1) is 9.10. The van der Waals surface area contributed by atoms with Crippen LogP contribution in [0.5, 0.6) is 11.5 Å². The Labute approximate surface area is 119 Å². The predicted octanol–water partition coefficient (Wildman–Crippen LogP) is 3.91. The van der Waals surface area contributed by atoms with Crippen LogP contribution in [0.2, 0.25) is 0 Å². The van der Waals surface area contributed by atoms with Gasteiger partial charge in [-0.1, -0.05) is 0 Å². The van der Waals surface area contributed by atoms with E-state index in [2.05, 4.69) is 21.2 Å². The average molecular weight is 326 g/mol. The Morgan fingerprint density at radius 1 is 1.26 bits per heavy atom. The molecule has 2 rings (SSSR count). The van der Waals surface area contributed by atoms with Crippen molar-refractivity contribution in [2.45, 2.75) is 6.54 Å². The van der Waals surface area contributed by atoms with Crippen LogP contribution in [0.4, 0.5) is 10.1 Å². The van der Waals surface area contributed by atoms with E-state index in [0.717, 1.165) is 0 Å². The number of nitrogens with one attached hydrogen (secondary N) is 1. The van der Waals surface area contributed by atoms with E-state index in [9.17, 15) is 9.50 Å². The van der Waals surface area contributed by atoms with Gasteiger partial charge in [0, 0.05) is 17.8 Å². The molecule has 2 N–H and O–H groups in total. The molecule has 0 aromatic heterocycles. The zero-order valence-corrected chi connectivity index (χ0v) is 11.9. The van der Waals surface area contributed by atoms with Crippen molar-refractivity contribution in [3.8, 4) is 11.5 Å². The lowest BCUT2D eigenvalue weighted by Crippen LogP contribution is -2.00. The maximum Gasteiger partial charge on any atom is 0.139 e. The van der Waals surface area contributed by atoms with Crippen LogP contribution in [0.1, 0.15) is 5.56 Å². The van der Waals surface area contributed by atoms with Crippen LogP contribution >= 0.6 is 15.9 Å². The van der Waals surface area contributed by atoms with Gasteiger partial charge >= 0.3 is 0 Å². The second-order valence-corrected chi connectivity index (χ2v) is 4.83. The smallest absolute Gasteiger partial charge is 0.139 e. The molecule has 100 valence electrons. The summed E-state index contributed by atoms with van der Waals surface area (Å²) in [6, 6.07) is 9.75. The molecular weight excluding hydrogens is 313 g/mol. The zero-order chi connectivity index (χ0) is 13.8. The van der Waals surface area contributed by atoms with Crippen LogP contribution < -0.4 is 10.1 Å². The van der Waals surface area contributed by atoms with Gasteiger partial charge in [0.15, 0.2) is 0 Å². The highest BCUT2D eigenvalue weighted by Crippen LogP contribution is 2.25. The molecule has 0 aliphatic heterocycles. The van der Waals surface area contributed by atoms with E-state index in [-0.39, 0.29) is 11.6 Å². The Kier molecular flexibility index (Phi) is 4.27. The molecule has 0 aliphatic rings. The maximum absolute atomic E-state index is 13.3. The number of halogens is 2. The van der Waals surface area contributed by atoms with Gasteiger partial charge in [0.25, 0.3) is 0 Å². The molecule has 0 radical (unpaired) electrons. The number of ether oxygens (including phenoxy) is 1. The van der Waals surface area contributed by atoms with Crippen molar-refractivity contribution in [1.82, 2.24) is 0 Å². The van der Waals surface area contributed by atoms with Crippen LogP contribution in [-0.2, 0) is 6.54 Å². The van der Waals surface area contributed by atoms with Gasteiger partial charge in [0.05, 0.1) is 11.6 Å². The van der Waals surface area contributed by atoms with E-state index in [1.54, 1.807) is 37.4 Å². The van der Waals surface area contributed by atoms with Crippen molar-refractivity contribution < 1.29 is 14.2 Å². The predicted molar refractivity (Wildman–Crippen MR) is 76.1 cm³/mol. The molecule has 0 unspecified atom stereocenters. The summed E-state index contributed by atoms with van der Waals surface area (Å²) in [5.41, 5.74) is 1.32. The van der Waals surface area contributed by atoms with E-state index in [1.165, 1.54) is 6.07 Å². The van der Waals surface area contributed by atoms with Crippen LogP contribution in [0.15, 0.2) is 40.9 Å². The molecule has 3 nitrogen and oxygen atoms in total. The Morgan fingerprint density at radius 2 is 2.05 bits per heavy atom. The van der Waals surface area contributed by atoms with Crippen molar-refractivity contribution in [3.63, 3.8) is 0 Å². The average Bonchev–Trinajstić information content (AvgIpc) is 2.41. The lowest BCUT2D eigenvalue weighted by Gasteiger charge is -2.10. The highest BCUT2D eigenvalue weighted by atomic mass is 79.9. The first kappa shape index (κ1) is 13.7. The van der Waals surface area contributed by atoms with Crippen LogP contribution in [0.3, 0.4) is 0 Å². The number of aromatic hydroxyl groups is 1. The topological polar surface area (TPSA) is 41.5 Å². The van der Waals surface area contributed by atoms with Crippen LogP contribution in [-0.4, -0.2) is 12.2 Å². The molecule has 0 aliphatic carbocycles. The van der Waals surface area contributed by atoms with Gasteiger partial charge in [0.2, 0.25) is 0 Å². The van der Waals surface area contributed by atoms with Gasteiger partial charge in [-0.15, -0.1) is 0 Å². The van der Waals surface area contributed by atoms with E-state index >= 15 is 0 Å². The molecule has 0 fully saturated rings. The van der Waals surface area contributed by atoms with Gasteiger partial charge in [-0.05, 0) is 52.3 Å². The first-order valence-corrected chi connectivity index (χ1v) is 6.44. The van der Waals surface area contributed by atoms with Crippen molar-refractivity contribution in [2.75, 3.05) is 12.4 Å². The summed E-state index contributed by atoms with van der Waals surface area (Å²) in [6.45, 7) is 0.379. The lowest BCUT2D eigenvalue weighted by molar-refractivity contribution is 0.411. The summed E-state index contributed by atoms with van der Waals surface area (Å²) in [6.07, 6.45) is 0. The monoisotopic (exact) mass is 325 g/mol. The number of methoxy groups -OCH3 is 1. The van der Waals surface area contributed by atoms with Crippen molar-refractivity contribution in [3.05, 3.63) is 52.3 Å². The molecular formula is C14H13BrFNO2. The summed E-state index contributed by atoms with van der Waals surface area (Å²) in [5, 5.41) is 12.8. The van der Waals surface area contributed by atoms with E-state index in [0.29, 0.717) is 28.0 Å². The first-order valence-electron chi connectivity index (χ1n) is 5.65. The fourth-order valence-electron chi connectivity index (χ4n) is 1.63. The third-order valence-electron chi connectivity index (χ3n) is 2.69. The van der Waals surface area contributed by atoms with Crippen molar-refractivity contribution in [1.29, 1.82) is 0 Å². The summed E-state index contributed by atoms with van der Waals surface area (Å²) in [7, 11) is 1.56. The van der Waals surface area contributed by atoms with Gasteiger partial charge in [-0.3, -0.25) is 0 Å². The standard InChI is InChI=1S/C14H13BrFNO2/c1-19-11-3-5-14(18)9(6-11)8-17-10-2-4-12(15)13(16)7-10/h2-7,17-18H,8H2,1H3. The molecule has 0 heterocycles. The minimum absolute atomic E-state index is 0.172. The van der Waals surface area contributed by atoms with Gasteiger partial charge < -0.3 is 15.2 Å². The summed E-state index contributed by atoms with van der Waals surface area (Å²) in [4.78, 5) is 0. The quantitative estimate of drug-likeness (QED) is 0.895. The second kappa shape index (κ2) is 5.93. The molecule has 0 saturated carbocycles. The normalized spacial score (nSPS) is 10.3. The Balaban J connectivity index is 2.11. The summed E-state index contributed by atoms with van der Waals surface area (Å²) in [5.74, 6) is 0.502. The number of phenolic OH excluding ortho intramolecular Hbond substituents is 1. The molecule has 0 spiro atoms. The van der Waals surface area contributed by atoms with Crippen LogP contribution in [0, 0.1) is 5.82 Å². The minimum atomic E-state index is -0.333. The van der Waals surface area contributed by atoms with Crippen molar-refractivity contribution in [2.24, 2.45) is 0 Å². The third-order valence-corrected chi connectivity index (χ3v) is 3.33. The van der Waals surface area contributed by atoms with E-state index < -0.39 is 0 Å². The molecule has 0 bridgehead atoms. The van der Waals surface area contributed by atoms with Gasteiger partial charge in [0.1, 0.15) is 17.3 Å². The van der Waals surface area contributed by atoms with Gasteiger partial charge in [-0.2, -0.15) is 0 Å². The second-order valence-electron chi connectivity index (χ2n) is 3.98. The molecule has 19 heavy (non-hydrogen) atoms. The number of hydrogen-bond acceptors (Lipinski definition) is 3. The Hall–Kier alpha value is -1.75. The number of phenols is 1. The largest absolute Gasteiger partial charge is 0.508 e. The number of rotatable bonds is 4. The molecule has 2 aromatic carbocycles. The number of hydrogen-bond donors (Lipinski definition) is 2. The zero-order valence-electron chi connectivity index (χ0n) is 10.3. The summed E-state index contributed by atoms with van der Waals surface area (Å²) < 4.78 is 18.9. The highest BCUT2D eigenvalue weighted by molar-refractivity contribution is 9.10. The van der Waals surface area contributed by atoms with E-state index in [4.69, 9.17) is 4.74 Å².